The molecule has 0 atom stereocenters. The number of alkyl halides is 2. The molecule has 0 aliphatic heterocycles. The summed E-state index contributed by atoms with van der Waals surface area (Å²) in [7, 11) is 0. The minimum Gasteiger partial charge on any atom is -0.456 e. The van der Waals surface area contributed by atoms with Crippen LogP contribution in [0.2, 0.25) is 5.02 Å². The van der Waals surface area contributed by atoms with Gasteiger partial charge in [0.1, 0.15) is 27.6 Å². The fraction of sp³-hybridized carbons (Fsp3) is 0.406. The molecule has 1 aliphatic carbocycles. The van der Waals surface area contributed by atoms with E-state index in [1.807, 2.05) is 6.92 Å². The smallest absolute Gasteiger partial charge is 0.424 e. The molecule has 2 amide bonds. The van der Waals surface area contributed by atoms with Crippen LogP contribution in [0.1, 0.15) is 53.4 Å². The van der Waals surface area contributed by atoms with Gasteiger partial charge in [-0.15, -0.1) is 0 Å². The number of hydrogen-bond donors (Lipinski definition) is 1. The third kappa shape index (κ3) is 7.64. The van der Waals surface area contributed by atoms with Gasteiger partial charge in [0, 0.05) is 37.2 Å². The minimum atomic E-state index is -2.59. The first-order valence-electron chi connectivity index (χ1n) is 14.9. The number of hydrogen-bond acceptors (Lipinski definition) is 9. The predicted octanol–water partition coefficient (Wildman–Crippen LogP) is 8.24. The minimum absolute atomic E-state index is 0.00914. The van der Waals surface area contributed by atoms with Gasteiger partial charge in [-0.3, -0.25) is 9.67 Å². The van der Waals surface area contributed by atoms with Crippen LogP contribution >= 0.6 is 11.6 Å². The molecule has 1 aliphatic rings. The number of nitrogens with two attached hydrogens (primary N) is 1. The van der Waals surface area contributed by atoms with Crippen molar-refractivity contribution < 1.29 is 32.6 Å². The Balaban J connectivity index is 1.40. The Labute approximate surface area is 269 Å². The van der Waals surface area contributed by atoms with Crippen molar-refractivity contribution in [3.05, 3.63) is 53.9 Å². The van der Waals surface area contributed by atoms with Crippen molar-refractivity contribution in [2.24, 2.45) is 5.92 Å². The van der Waals surface area contributed by atoms with Crippen LogP contribution in [0.5, 0.6) is 11.5 Å². The second-order valence-corrected chi connectivity index (χ2v) is 12.6. The van der Waals surface area contributed by atoms with Gasteiger partial charge in [0.25, 0.3) is 0 Å². The lowest BCUT2D eigenvalue weighted by Crippen LogP contribution is -2.41. The highest BCUT2D eigenvalue weighted by atomic mass is 35.5. The van der Waals surface area contributed by atoms with Crippen molar-refractivity contribution in [3.63, 3.8) is 0 Å². The van der Waals surface area contributed by atoms with Crippen molar-refractivity contribution >= 4 is 46.2 Å². The summed E-state index contributed by atoms with van der Waals surface area (Å²) in [5.41, 5.74) is 7.43. The molecule has 0 unspecified atom stereocenters. The zero-order valence-corrected chi connectivity index (χ0v) is 26.7. The second kappa shape index (κ2) is 13.1. The Kier molecular flexibility index (Phi) is 9.34. The molecule has 5 rings (SSSR count). The van der Waals surface area contributed by atoms with Crippen molar-refractivity contribution in [3.8, 4) is 22.8 Å². The first kappa shape index (κ1) is 32.9. The van der Waals surface area contributed by atoms with E-state index in [-0.39, 0.29) is 53.3 Å². The summed E-state index contributed by atoms with van der Waals surface area (Å²) in [6, 6.07) is 7.76. The average molecular weight is 657 g/mol. The SMILES string of the molecule is CCCCOC(=O)N(C(=O)OC(C)(C)C)c1cc(Oc2ccc3ncc(-c4cnn(CC5CC(F)(F)C5)c4)nc3c2Cl)ccc1N. The summed E-state index contributed by atoms with van der Waals surface area (Å²) < 4.78 is 45.0. The van der Waals surface area contributed by atoms with Crippen LogP contribution in [-0.2, 0) is 16.0 Å². The van der Waals surface area contributed by atoms with Gasteiger partial charge in [-0.2, -0.15) is 10.00 Å². The molecule has 1 fully saturated rings. The number of nitrogen functional groups attached to an aromatic ring is 1. The number of fused-ring (bicyclic) bond motifs is 1. The molecular formula is C32H35ClF2N6O5. The third-order valence-electron chi connectivity index (χ3n) is 7.12. The maximum Gasteiger partial charge on any atom is 0.424 e. The highest BCUT2D eigenvalue weighted by Gasteiger charge is 2.45. The number of carbonyl (C=O) groups is 2. The van der Waals surface area contributed by atoms with Crippen LogP contribution in [0.3, 0.4) is 0 Å². The van der Waals surface area contributed by atoms with E-state index in [0.717, 1.165) is 11.3 Å². The van der Waals surface area contributed by atoms with Gasteiger partial charge in [-0.1, -0.05) is 24.9 Å². The van der Waals surface area contributed by atoms with E-state index in [4.69, 9.17) is 31.5 Å². The molecule has 1 saturated carbocycles. The molecule has 0 bridgehead atoms. The fourth-order valence-corrected chi connectivity index (χ4v) is 5.11. The van der Waals surface area contributed by atoms with Gasteiger partial charge in [0.15, 0.2) is 0 Å². The van der Waals surface area contributed by atoms with E-state index < -0.39 is 23.7 Å². The maximum absolute atomic E-state index is 13.2. The average Bonchev–Trinajstić information content (AvgIpc) is 3.43. The molecule has 2 heterocycles. The molecule has 0 saturated heterocycles. The number of carbonyl (C=O) groups excluding carboxylic acids is 2. The van der Waals surface area contributed by atoms with E-state index in [1.54, 1.807) is 62.2 Å². The summed E-state index contributed by atoms with van der Waals surface area (Å²) in [5, 5.41) is 4.46. The molecule has 244 valence electrons. The Morgan fingerprint density at radius 2 is 1.91 bits per heavy atom. The predicted molar refractivity (Wildman–Crippen MR) is 169 cm³/mol. The van der Waals surface area contributed by atoms with Gasteiger partial charge in [-0.25, -0.2) is 23.4 Å². The van der Waals surface area contributed by atoms with Crippen LogP contribution < -0.4 is 15.4 Å². The van der Waals surface area contributed by atoms with Crippen molar-refractivity contribution in [1.82, 2.24) is 19.7 Å². The Morgan fingerprint density at radius 3 is 2.61 bits per heavy atom. The van der Waals surface area contributed by atoms with Gasteiger partial charge < -0.3 is 19.9 Å². The lowest BCUT2D eigenvalue weighted by molar-refractivity contribution is -0.114. The summed E-state index contributed by atoms with van der Waals surface area (Å²) in [6.45, 7) is 7.47. The highest BCUT2D eigenvalue weighted by Crippen LogP contribution is 2.43. The number of rotatable bonds is 9. The monoisotopic (exact) mass is 656 g/mol. The van der Waals surface area contributed by atoms with Crippen molar-refractivity contribution in [1.29, 1.82) is 0 Å². The standard InChI is InChI=1S/C32H35ClF2N6O5/c1-5-6-11-44-29(42)41(30(43)46-31(2,3)4)25-12-21(7-8-22(25)36)45-26-10-9-23-28(27(26)33)39-24(16-37-23)20-15-38-40(18-20)17-19-13-32(34,35)14-19/h7-10,12,15-16,18-19H,5-6,11,13-14,17,36H2,1-4H3. The van der Waals surface area contributed by atoms with E-state index in [0.29, 0.717) is 35.3 Å². The number of nitrogens with zero attached hydrogens (tertiary/aromatic N) is 5. The summed E-state index contributed by atoms with van der Waals surface area (Å²) >= 11 is 6.75. The van der Waals surface area contributed by atoms with Crippen LogP contribution in [0.15, 0.2) is 48.9 Å². The van der Waals surface area contributed by atoms with Crippen molar-refractivity contribution in [2.75, 3.05) is 17.2 Å². The van der Waals surface area contributed by atoms with Crippen LogP contribution in [0, 0.1) is 5.92 Å². The molecule has 4 aromatic rings. The molecule has 0 spiro atoms. The first-order valence-corrected chi connectivity index (χ1v) is 15.2. The molecule has 0 radical (unpaired) electrons. The zero-order chi connectivity index (χ0) is 33.2. The van der Waals surface area contributed by atoms with Gasteiger partial charge in [0.2, 0.25) is 5.92 Å². The van der Waals surface area contributed by atoms with E-state index >= 15 is 0 Å². The molecule has 46 heavy (non-hydrogen) atoms. The molecule has 2 N–H and O–H groups in total. The second-order valence-electron chi connectivity index (χ2n) is 12.2. The fourth-order valence-electron chi connectivity index (χ4n) is 4.87. The van der Waals surface area contributed by atoms with Gasteiger partial charge >= 0.3 is 12.2 Å². The van der Waals surface area contributed by atoms with Crippen LogP contribution in [0.4, 0.5) is 29.7 Å². The molecule has 14 heteroatoms. The molecule has 2 aromatic heterocycles. The molecule has 11 nitrogen and oxygen atoms in total. The largest absolute Gasteiger partial charge is 0.456 e. The summed E-state index contributed by atoms with van der Waals surface area (Å²) in [4.78, 5) is 36.1. The number of ether oxygens (including phenoxy) is 3. The number of imide groups is 1. The van der Waals surface area contributed by atoms with E-state index in [9.17, 15) is 18.4 Å². The number of aromatic nitrogens is 4. The quantitative estimate of drug-likeness (QED) is 0.140. The third-order valence-corrected chi connectivity index (χ3v) is 7.48. The van der Waals surface area contributed by atoms with E-state index in [1.165, 1.54) is 12.1 Å². The van der Waals surface area contributed by atoms with Gasteiger partial charge in [0.05, 0.1) is 41.6 Å². The number of anilines is 2. The number of amides is 2. The Hall–Kier alpha value is -4.52. The normalized spacial score (nSPS) is 14.5. The number of unbranched alkanes of at least 4 members (excludes halogenated alkanes) is 1. The summed E-state index contributed by atoms with van der Waals surface area (Å²) in [5.74, 6) is -2.28. The van der Waals surface area contributed by atoms with Crippen LogP contribution in [0.25, 0.3) is 22.3 Å². The lowest BCUT2D eigenvalue weighted by Gasteiger charge is -2.34. The molecule has 2 aromatic carbocycles. The zero-order valence-electron chi connectivity index (χ0n) is 25.9. The number of halogens is 3. The number of benzene rings is 2. The maximum atomic E-state index is 13.2. The first-order chi connectivity index (χ1) is 21.7. The Bertz CT molecular complexity index is 1750. The van der Waals surface area contributed by atoms with Gasteiger partial charge in [-0.05, 0) is 57.4 Å². The topological polar surface area (TPSA) is 135 Å². The van der Waals surface area contributed by atoms with Crippen molar-refractivity contribution in [2.45, 2.75) is 71.4 Å². The summed E-state index contributed by atoms with van der Waals surface area (Å²) in [6.07, 6.45) is 4.13. The highest BCUT2D eigenvalue weighted by molar-refractivity contribution is 6.36. The Morgan fingerprint density at radius 1 is 1.15 bits per heavy atom. The lowest BCUT2D eigenvalue weighted by atomic mass is 9.81. The van der Waals surface area contributed by atoms with E-state index in [2.05, 4.69) is 15.1 Å². The molecular weight excluding hydrogens is 622 g/mol. The van der Waals surface area contributed by atoms with Crippen LogP contribution in [-0.4, -0.2) is 50.1 Å².